The molecule has 0 aromatic heterocycles. The van der Waals surface area contributed by atoms with E-state index in [1.54, 1.807) is 0 Å². The van der Waals surface area contributed by atoms with Gasteiger partial charge in [-0.1, -0.05) is 50.6 Å². The standard InChI is InChI=1S/C23H35ClN2O4/c1-2-3-4-5-6-7-10-26-11-8-16(9-12-26)13-17-14-18(24)20(25)22-21(17)29-15-19(30-22)23(27)28/h14,16,19H,2-13,15,25H2,1H3,(H,27,28). The highest BCUT2D eigenvalue weighted by Gasteiger charge is 2.32. The van der Waals surface area contributed by atoms with E-state index >= 15 is 0 Å². The number of carboxylic acids is 1. The van der Waals surface area contributed by atoms with Gasteiger partial charge in [0.25, 0.3) is 0 Å². The van der Waals surface area contributed by atoms with Gasteiger partial charge in [0.1, 0.15) is 6.61 Å². The number of piperidine rings is 1. The zero-order valence-corrected chi connectivity index (χ0v) is 18.8. The number of carboxylic acid groups (broad SMARTS) is 1. The van der Waals surface area contributed by atoms with E-state index in [0.717, 1.165) is 37.9 Å². The van der Waals surface area contributed by atoms with Crippen molar-refractivity contribution in [1.82, 2.24) is 4.90 Å². The predicted octanol–water partition coefficient (Wildman–Crippen LogP) is 4.76. The molecule has 1 saturated heterocycles. The van der Waals surface area contributed by atoms with Gasteiger partial charge >= 0.3 is 5.97 Å². The molecular formula is C23H35ClN2O4. The lowest BCUT2D eigenvalue weighted by Gasteiger charge is -2.33. The van der Waals surface area contributed by atoms with Crippen molar-refractivity contribution in [3.63, 3.8) is 0 Å². The maximum Gasteiger partial charge on any atom is 0.348 e. The Hall–Kier alpha value is -1.66. The Bertz CT molecular complexity index is 720. The summed E-state index contributed by atoms with van der Waals surface area (Å²) in [5.41, 5.74) is 7.24. The summed E-state index contributed by atoms with van der Waals surface area (Å²) in [5, 5.41) is 9.60. The molecule has 1 fully saturated rings. The highest BCUT2D eigenvalue weighted by molar-refractivity contribution is 6.33. The molecule has 30 heavy (non-hydrogen) atoms. The minimum Gasteiger partial charge on any atom is -0.485 e. The number of hydrogen-bond donors (Lipinski definition) is 2. The number of aliphatic carboxylic acids is 1. The number of anilines is 1. The van der Waals surface area contributed by atoms with E-state index in [9.17, 15) is 9.90 Å². The minimum atomic E-state index is -1.07. The summed E-state index contributed by atoms with van der Waals surface area (Å²) in [7, 11) is 0. The van der Waals surface area contributed by atoms with Crippen molar-refractivity contribution in [1.29, 1.82) is 0 Å². The number of likely N-dealkylation sites (tertiary alicyclic amines) is 1. The Balaban J connectivity index is 1.51. The maximum atomic E-state index is 11.3. The van der Waals surface area contributed by atoms with E-state index in [1.165, 1.54) is 45.1 Å². The van der Waals surface area contributed by atoms with Crippen molar-refractivity contribution >= 4 is 23.3 Å². The molecule has 6 nitrogen and oxygen atoms in total. The van der Waals surface area contributed by atoms with Crippen molar-refractivity contribution in [2.75, 3.05) is 32.0 Å². The largest absolute Gasteiger partial charge is 0.485 e. The number of hydrogen-bond acceptors (Lipinski definition) is 5. The van der Waals surface area contributed by atoms with Gasteiger partial charge in [-0.3, -0.25) is 0 Å². The van der Waals surface area contributed by atoms with Gasteiger partial charge in [0.15, 0.2) is 11.5 Å². The summed E-state index contributed by atoms with van der Waals surface area (Å²) in [6, 6.07) is 1.85. The van der Waals surface area contributed by atoms with E-state index in [1.807, 2.05) is 6.07 Å². The summed E-state index contributed by atoms with van der Waals surface area (Å²) < 4.78 is 11.4. The predicted molar refractivity (Wildman–Crippen MR) is 120 cm³/mol. The molecule has 168 valence electrons. The molecule has 0 bridgehead atoms. The Labute approximate surface area is 184 Å². The highest BCUT2D eigenvalue weighted by Crippen LogP contribution is 2.45. The Kier molecular flexibility index (Phi) is 8.51. The monoisotopic (exact) mass is 438 g/mol. The lowest BCUT2D eigenvalue weighted by Crippen LogP contribution is -2.37. The van der Waals surface area contributed by atoms with Crippen LogP contribution in [0.5, 0.6) is 11.5 Å². The third-order valence-electron chi connectivity index (χ3n) is 6.26. The molecular weight excluding hydrogens is 404 g/mol. The number of halogens is 1. The zero-order chi connectivity index (χ0) is 21.5. The molecule has 0 saturated carbocycles. The van der Waals surface area contributed by atoms with E-state index in [0.29, 0.717) is 16.7 Å². The van der Waals surface area contributed by atoms with Crippen LogP contribution in [0.15, 0.2) is 6.07 Å². The van der Waals surface area contributed by atoms with Crippen LogP contribution in [0.4, 0.5) is 5.69 Å². The van der Waals surface area contributed by atoms with E-state index in [2.05, 4.69) is 11.8 Å². The average Bonchev–Trinajstić information content (AvgIpc) is 2.75. The van der Waals surface area contributed by atoms with Crippen molar-refractivity contribution in [2.45, 2.75) is 70.8 Å². The van der Waals surface area contributed by atoms with Crippen LogP contribution in [0, 0.1) is 5.92 Å². The van der Waals surface area contributed by atoms with Gasteiger partial charge < -0.3 is 25.2 Å². The number of rotatable bonds is 10. The van der Waals surface area contributed by atoms with Crippen molar-refractivity contribution in [3.05, 3.63) is 16.7 Å². The van der Waals surface area contributed by atoms with Crippen LogP contribution >= 0.6 is 11.6 Å². The smallest absolute Gasteiger partial charge is 0.348 e. The van der Waals surface area contributed by atoms with E-state index in [4.69, 9.17) is 26.8 Å². The van der Waals surface area contributed by atoms with Gasteiger partial charge in [0.2, 0.25) is 6.10 Å². The van der Waals surface area contributed by atoms with Gasteiger partial charge in [-0.05, 0) is 62.9 Å². The van der Waals surface area contributed by atoms with E-state index < -0.39 is 12.1 Å². The van der Waals surface area contributed by atoms with Crippen LogP contribution in [0.1, 0.15) is 63.9 Å². The molecule has 3 N–H and O–H groups in total. The Morgan fingerprint density at radius 1 is 1.20 bits per heavy atom. The fourth-order valence-corrected chi connectivity index (χ4v) is 4.62. The highest BCUT2D eigenvalue weighted by atomic mass is 35.5. The quantitative estimate of drug-likeness (QED) is 0.404. The third-order valence-corrected chi connectivity index (χ3v) is 6.57. The summed E-state index contributed by atoms with van der Waals surface area (Å²) in [4.78, 5) is 13.8. The third kappa shape index (κ3) is 5.94. The second kappa shape index (κ2) is 11.1. The normalized spacial score (nSPS) is 19.7. The van der Waals surface area contributed by atoms with Crippen LogP contribution in [-0.4, -0.2) is 48.3 Å². The van der Waals surface area contributed by atoms with Crippen LogP contribution < -0.4 is 15.2 Å². The molecule has 1 aromatic carbocycles. The second-order valence-corrected chi connectivity index (χ2v) is 9.01. The Morgan fingerprint density at radius 3 is 2.60 bits per heavy atom. The van der Waals surface area contributed by atoms with E-state index in [-0.39, 0.29) is 18.0 Å². The first kappa shape index (κ1) is 23.0. The first-order chi connectivity index (χ1) is 14.5. The zero-order valence-electron chi connectivity index (χ0n) is 18.0. The van der Waals surface area contributed by atoms with Gasteiger partial charge in [-0.25, -0.2) is 4.79 Å². The Morgan fingerprint density at radius 2 is 1.90 bits per heavy atom. The molecule has 0 radical (unpaired) electrons. The number of nitrogens with zero attached hydrogens (tertiary/aromatic N) is 1. The number of ether oxygens (including phenoxy) is 2. The molecule has 2 aliphatic heterocycles. The fourth-order valence-electron chi connectivity index (χ4n) is 4.40. The first-order valence-corrected chi connectivity index (χ1v) is 11.7. The lowest BCUT2D eigenvalue weighted by molar-refractivity contribution is -0.147. The number of benzene rings is 1. The molecule has 2 heterocycles. The van der Waals surface area contributed by atoms with Gasteiger partial charge in [-0.2, -0.15) is 0 Å². The molecule has 7 heteroatoms. The molecule has 1 aromatic rings. The molecule has 2 aliphatic rings. The van der Waals surface area contributed by atoms with Crippen molar-refractivity contribution in [2.24, 2.45) is 5.92 Å². The average molecular weight is 439 g/mol. The summed E-state index contributed by atoms with van der Waals surface area (Å²) in [6.07, 6.45) is 10.1. The molecule has 0 amide bonds. The number of fused-ring (bicyclic) bond motifs is 1. The molecule has 1 atom stereocenters. The minimum absolute atomic E-state index is 0.0207. The molecule has 0 spiro atoms. The number of carbonyl (C=O) groups is 1. The van der Waals surface area contributed by atoms with Crippen LogP contribution in [0.25, 0.3) is 0 Å². The number of nitrogens with two attached hydrogens (primary N) is 1. The molecule has 1 unspecified atom stereocenters. The first-order valence-electron chi connectivity index (χ1n) is 11.3. The molecule has 3 rings (SSSR count). The van der Waals surface area contributed by atoms with Gasteiger partial charge in [0, 0.05) is 0 Å². The fraction of sp³-hybridized carbons (Fsp3) is 0.696. The summed E-state index contributed by atoms with van der Waals surface area (Å²) in [5.74, 6) is 0.315. The van der Waals surface area contributed by atoms with Crippen LogP contribution in [0.3, 0.4) is 0 Å². The number of nitrogen functional groups attached to an aromatic ring is 1. The maximum absolute atomic E-state index is 11.3. The summed E-state index contributed by atoms with van der Waals surface area (Å²) >= 11 is 6.31. The van der Waals surface area contributed by atoms with Gasteiger partial charge in [0.05, 0.1) is 10.7 Å². The topological polar surface area (TPSA) is 85.0 Å². The van der Waals surface area contributed by atoms with Crippen molar-refractivity contribution < 1.29 is 19.4 Å². The van der Waals surface area contributed by atoms with Gasteiger partial charge in [-0.15, -0.1) is 0 Å². The SMILES string of the molecule is CCCCCCCCN1CCC(Cc2cc(Cl)c(N)c3c2OCC(C(=O)O)O3)CC1. The number of unbranched alkanes of at least 4 members (excludes halogenated alkanes) is 5. The molecule has 0 aliphatic carbocycles. The summed E-state index contributed by atoms with van der Waals surface area (Å²) in [6.45, 7) is 5.69. The van der Waals surface area contributed by atoms with Crippen molar-refractivity contribution in [3.8, 4) is 11.5 Å². The van der Waals surface area contributed by atoms with Crippen LogP contribution in [0.2, 0.25) is 5.02 Å². The second-order valence-electron chi connectivity index (χ2n) is 8.60. The lowest BCUT2D eigenvalue weighted by atomic mass is 9.89. The van der Waals surface area contributed by atoms with Crippen LogP contribution in [-0.2, 0) is 11.2 Å².